The van der Waals surface area contributed by atoms with Crippen LogP contribution in [0.3, 0.4) is 0 Å². The molecule has 0 amide bonds. The standard InChI is InChI=1S/C22H21FN2O3/c1-14(15-2-5-18(23)6-3-15)10-21(26)16-4-7-19(17-12-24-25-13-17)20(11-16)22-27-8-9-28-22/h2-7,11-14,22H,8-10H2,1H3,(H,24,25)/t14-/m0/s1. The number of hydrogen-bond acceptors (Lipinski definition) is 4. The Bertz CT molecular complexity index is 948. The number of carbonyl (C=O) groups excluding carboxylic acids is 1. The van der Waals surface area contributed by atoms with E-state index in [0.29, 0.717) is 25.2 Å². The van der Waals surface area contributed by atoms with Crippen LogP contribution in [0.2, 0.25) is 0 Å². The predicted molar refractivity (Wildman–Crippen MR) is 102 cm³/mol. The molecule has 0 unspecified atom stereocenters. The van der Waals surface area contributed by atoms with Gasteiger partial charge in [0.1, 0.15) is 5.82 Å². The second-order valence-electron chi connectivity index (χ2n) is 6.94. The minimum atomic E-state index is -0.493. The van der Waals surface area contributed by atoms with Gasteiger partial charge >= 0.3 is 0 Å². The van der Waals surface area contributed by atoms with Gasteiger partial charge in [0.25, 0.3) is 0 Å². The van der Waals surface area contributed by atoms with Crippen molar-refractivity contribution in [2.24, 2.45) is 0 Å². The molecule has 2 aromatic carbocycles. The van der Waals surface area contributed by atoms with E-state index in [9.17, 15) is 9.18 Å². The van der Waals surface area contributed by atoms with Crippen LogP contribution in [0, 0.1) is 5.82 Å². The summed E-state index contributed by atoms with van der Waals surface area (Å²) in [6, 6.07) is 11.9. The predicted octanol–water partition coefficient (Wildman–Crippen LogP) is 4.64. The SMILES string of the molecule is C[C@@H](CC(=O)c1ccc(-c2cn[nH]c2)c(C2OCCO2)c1)c1ccc(F)cc1. The van der Waals surface area contributed by atoms with E-state index in [-0.39, 0.29) is 17.5 Å². The summed E-state index contributed by atoms with van der Waals surface area (Å²) in [5, 5.41) is 6.81. The highest BCUT2D eigenvalue weighted by Crippen LogP contribution is 2.34. The van der Waals surface area contributed by atoms with E-state index in [1.165, 1.54) is 12.1 Å². The fourth-order valence-electron chi connectivity index (χ4n) is 3.44. The first-order valence-electron chi connectivity index (χ1n) is 9.27. The number of hydrogen-bond donors (Lipinski definition) is 1. The van der Waals surface area contributed by atoms with Gasteiger partial charge in [-0.25, -0.2) is 4.39 Å². The van der Waals surface area contributed by atoms with Crippen LogP contribution in [-0.2, 0) is 9.47 Å². The van der Waals surface area contributed by atoms with E-state index in [4.69, 9.17) is 9.47 Å². The Kier molecular flexibility index (Phi) is 5.32. The third-order valence-electron chi connectivity index (χ3n) is 4.99. The second kappa shape index (κ2) is 8.04. The second-order valence-corrected chi connectivity index (χ2v) is 6.94. The minimum absolute atomic E-state index is 0.0101. The monoisotopic (exact) mass is 380 g/mol. The van der Waals surface area contributed by atoms with E-state index in [1.54, 1.807) is 24.5 Å². The van der Waals surface area contributed by atoms with Gasteiger partial charge in [0.15, 0.2) is 12.1 Å². The van der Waals surface area contributed by atoms with Crippen LogP contribution in [-0.4, -0.2) is 29.2 Å². The summed E-state index contributed by atoms with van der Waals surface area (Å²) >= 11 is 0. The number of Topliss-reactive ketones (excluding diaryl/α,β-unsaturated/α-hetero) is 1. The molecule has 1 aromatic heterocycles. The van der Waals surface area contributed by atoms with Crippen molar-refractivity contribution in [3.8, 4) is 11.1 Å². The molecule has 144 valence electrons. The Morgan fingerprint density at radius 2 is 1.96 bits per heavy atom. The molecule has 5 nitrogen and oxygen atoms in total. The Morgan fingerprint density at radius 3 is 2.64 bits per heavy atom. The van der Waals surface area contributed by atoms with Crippen molar-refractivity contribution in [3.05, 3.63) is 77.4 Å². The van der Waals surface area contributed by atoms with Gasteiger partial charge in [-0.2, -0.15) is 5.10 Å². The van der Waals surface area contributed by atoms with Gasteiger partial charge in [-0.15, -0.1) is 0 Å². The first kappa shape index (κ1) is 18.5. The fraction of sp³-hybridized carbons (Fsp3) is 0.273. The number of aromatic nitrogens is 2. The van der Waals surface area contributed by atoms with Crippen molar-refractivity contribution in [3.63, 3.8) is 0 Å². The number of benzene rings is 2. The molecule has 3 aromatic rings. The molecule has 28 heavy (non-hydrogen) atoms. The van der Waals surface area contributed by atoms with Crippen LogP contribution >= 0.6 is 0 Å². The highest BCUT2D eigenvalue weighted by atomic mass is 19.1. The summed E-state index contributed by atoms with van der Waals surface area (Å²) in [6.45, 7) is 3.01. The van der Waals surface area contributed by atoms with Crippen LogP contribution in [0.1, 0.15) is 47.0 Å². The number of rotatable bonds is 6. The van der Waals surface area contributed by atoms with Gasteiger partial charge in [-0.1, -0.05) is 31.2 Å². The van der Waals surface area contributed by atoms with Crippen molar-refractivity contribution in [2.75, 3.05) is 13.2 Å². The van der Waals surface area contributed by atoms with Crippen LogP contribution in [0.5, 0.6) is 0 Å². The lowest BCUT2D eigenvalue weighted by atomic mass is 9.91. The first-order valence-corrected chi connectivity index (χ1v) is 9.27. The third kappa shape index (κ3) is 3.88. The number of halogens is 1. The van der Waals surface area contributed by atoms with Crippen molar-refractivity contribution in [1.29, 1.82) is 0 Å². The van der Waals surface area contributed by atoms with Gasteiger partial charge in [-0.05, 0) is 35.2 Å². The largest absolute Gasteiger partial charge is 0.346 e. The summed E-state index contributed by atoms with van der Waals surface area (Å²) < 4.78 is 24.5. The summed E-state index contributed by atoms with van der Waals surface area (Å²) in [7, 11) is 0. The molecule has 0 spiro atoms. The van der Waals surface area contributed by atoms with Crippen molar-refractivity contribution < 1.29 is 18.7 Å². The van der Waals surface area contributed by atoms with Crippen LogP contribution in [0.4, 0.5) is 4.39 Å². The molecule has 0 aliphatic carbocycles. The van der Waals surface area contributed by atoms with E-state index >= 15 is 0 Å². The average Bonchev–Trinajstić information content (AvgIpc) is 3.42. The summed E-state index contributed by atoms with van der Waals surface area (Å²) in [6.07, 6.45) is 3.37. The lowest BCUT2D eigenvalue weighted by Gasteiger charge is -2.16. The maximum atomic E-state index is 13.1. The number of carbonyl (C=O) groups is 1. The number of H-pyrrole nitrogens is 1. The normalized spacial score (nSPS) is 15.6. The van der Waals surface area contributed by atoms with Gasteiger partial charge in [-0.3, -0.25) is 9.89 Å². The maximum absolute atomic E-state index is 13.1. The zero-order chi connectivity index (χ0) is 19.5. The molecule has 0 saturated carbocycles. The van der Waals surface area contributed by atoms with E-state index in [0.717, 1.165) is 22.3 Å². The summed E-state index contributed by atoms with van der Waals surface area (Å²) in [5.41, 5.74) is 4.19. The van der Waals surface area contributed by atoms with E-state index in [2.05, 4.69) is 10.2 Å². The van der Waals surface area contributed by atoms with E-state index < -0.39 is 6.29 Å². The van der Waals surface area contributed by atoms with Crippen molar-refractivity contribution >= 4 is 5.78 Å². The molecule has 0 radical (unpaired) electrons. The lowest BCUT2D eigenvalue weighted by Crippen LogP contribution is -2.08. The van der Waals surface area contributed by atoms with Gasteiger partial charge < -0.3 is 9.47 Å². The highest BCUT2D eigenvalue weighted by molar-refractivity contribution is 5.97. The fourth-order valence-corrected chi connectivity index (χ4v) is 3.44. The molecule has 1 aliphatic heterocycles. The van der Waals surface area contributed by atoms with Crippen LogP contribution < -0.4 is 0 Å². The molecule has 1 saturated heterocycles. The third-order valence-corrected chi connectivity index (χ3v) is 4.99. The summed E-state index contributed by atoms with van der Waals surface area (Å²) in [5.74, 6) is -0.266. The zero-order valence-corrected chi connectivity index (χ0v) is 15.5. The van der Waals surface area contributed by atoms with Crippen molar-refractivity contribution in [1.82, 2.24) is 10.2 Å². The molecular weight excluding hydrogens is 359 g/mol. The Balaban J connectivity index is 1.59. The van der Waals surface area contributed by atoms with Crippen LogP contribution in [0.25, 0.3) is 11.1 Å². The number of aromatic amines is 1. The molecule has 1 fully saturated rings. The molecule has 1 atom stereocenters. The number of nitrogens with zero attached hydrogens (tertiary/aromatic N) is 1. The molecule has 1 N–H and O–H groups in total. The molecule has 1 aliphatic rings. The van der Waals surface area contributed by atoms with Crippen molar-refractivity contribution in [2.45, 2.75) is 25.6 Å². The van der Waals surface area contributed by atoms with E-state index in [1.807, 2.05) is 25.1 Å². The molecule has 4 rings (SSSR count). The lowest BCUT2D eigenvalue weighted by molar-refractivity contribution is -0.0437. The smallest absolute Gasteiger partial charge is 0.184 e. The number of nitrogens with one attached hydrogen (secondary N) is 1. The molecule has 0 bridgehead atoms. The number of ketones is 1. The highest BCUT2D eigenvalue weighted by Gasteiger charge is 2.24. The topological polar surface area (TPSA) is 64.2 Å². The Morgan fingerprint density at radius 1 is 1.21 bits per heavy atom. The van der Waals surface area contributed by atoms with Gasteiger partial charge in [0, 0.05) is 29.3 Å². The zero-order valence-electron chi connectivity index (χ0n) is 15.5. The first-order chi connectivity index (χ1) is 13.6. The molecule has 6 heteroatoms. The molecule has 2 heterocycles. The Labute approximate surface area is 162 Å². The quantitative estimate of drug-likeness (QED) is 0.633. The minimum Gasteiger partial charge on any atom is -0.346 e. The maximum Gasteiger partial charge on any atom is 0.184 e. The van der Waals surface area contributed by atoms with Gasteiger partial charge in [0.05, 0.1) is 19.4 Å². The summed E-state index contributed by atoms with van der Waals surface area (Å²) in [4.78, 5) is 12.9. The van der Waals surface area contributed by atoms with Crippen LogP contribution in [0.15, 0.2) is 54.9 Å². The number of ether oxygens (including phenoxy) is 2. The van der Waals surface area contributed by atoms with Gasteiger partial charge in [0.2, 0.25) is 0 Å². The molecular formula is C22H21FN2O3. The average molecular weight is 380 g/mol. The Hall–Kier alpha value is -2.83.